The molecule has 32 heavy (non-hydrogen) atoms. The number of benzene rings is 2. The highest BCUT2D eigenvalue weighted by Crippen LogP contribution is 2.21. The first-order chi connectivity index (χ1) is 15.5. The second kappa shape index (κ2) is 11.1. The topological polar surface area (TPSA) is 102 Å². The molecular weight excluding hydrogens is 412 g/mol. The van der Waals surface area contributed by atoms with E-state index in [-0.39, 0.29) is 18.9 Å². The minimum absolute atomic E-state index is 0.0723. The van der Waals surface area contributed by atoms with Crippen LogP contribution in [-0.2, 0) is 30.4 Å². The molecule has 0 saturated carbocycles. The minimum Gasteiger partial charge on any atom is -0.462 e. The van der Waals surface area contributed by atoms with Gasteiger partial charge in [-0.25, -0.2) is 4.79 Å². The number of hydrogen-bond donors (Lipinski definition) is 1. The van der Waals surface area contributed by atoms with Crippen molar-refractivity contribution in [2.45, 2.75) is 26.3 Å². The summed E-state index contributed by atoms with van der Waals surface area (Å²) in [7, 11) is 0. The molecule has 1 saturated heterocycles. The van der Waals surface area contributed by atoms with E-state index in [2.05, 4.69) is 5.32 Å². The van der Waals surface area contributed by atoms with Gasteiger partial charge in [-0.05, 0) is 36.2 Å². The van der Waals surface area contributed by atoms with Gasteiger partial charge in [0.2, 0.25) is 5.91 Å². The summed E-state index contributed by atoms with van der Waals surface area (Å²) in [5.74, 6) is -2.21. The molecule has 8 heteroatoms. The summed E-state index contributed by atoms with van der Waals surface area (Å²) < 4.78 is 10.2. The van der Waals surface area contributed by atoms with E-state index < -0.39 is 30.4 Å². The lowest BCUT2D eigenvalue weighted by atomic mass is 10.1. The van der Waals surface area contributed by atoms with Crippen molar-refractivity contribution in [3.8, 4) is 0 Å². The van der Waals surface area contributed by atoms with E-state index >= 15 is 0 Å². The van der Waals surface area contributed by atoms with Crippen LogP contribution in [0.3, 0.4) is 0 Å². The molecule has 168 valence electrons. The molecule has 2 amide bonds. The summed E-state index contributed by atoms with van der Waals surface area (Å²) in [6.45, 7) is 2.50. The summed E-state index contributed by atoms with van der Waals surface area (Å²) in [6.07, 6.45) is 0.807. The zero-order chi connectivity index (χ0) is 22.9. The van der Waals surface area contributed by atoms with Crippen molar-refractivity contribution in [2.75, 3.05) is 25.1 Å². The molecule has 0 spiro atoms. The van der Waals surface area contributed by atoms with Gasteiger partial charge in [0.15, 0.2) is 6.61 Å². The van der Waals surface area contributed by atoms with E-state index in [0.717, 1.165) is 12.0 Å². The molecule has 8 nitrogen and oxygen atoms in total. The van der Waals surface area contributed by atoms with Crippen LogP contribution in [0.2, 0.25) is 0 Å². The lowest BCUT2D eigenvalue weighted by molar-refractivity contribution is -0.151. The second-order valence-corrected chi connectivity index (χ2v) is 7.53. The smallest absolute Gasteiger partial charge is 0.338 e. The first-order valence-electron chi connectivity index (χ1n) is 10.5. The molecule has 1 heterocycles. The predicted octanol–water partition coefficient (Wildman–Crippen LogP) is 2.78. The lowest BCUT2D eigenvalue weighted by Gasteiger charge is -2.16. The monoisotopic (exact) mass is 438 g/mol. The van der Waals surface area contributed by atoms with Crippen LogP contribution in [-0.4, -0.2) is 48.4 Å². The number of hydrogen-bond acceptors (Lipinski definition) is 6. The summed E-state index contributed by atoms with van der Waals surface area (Å²) >= 11 is 0. The van der Waals surface area contributed by atoms with E-state index in [0.29, 0.717) is 24.4 Å². The Morgan fingerprint density at radius 2 is 1.75 bits per heavy atom. The lowest BCUT2D eigenvalue weighted by Crippen LogP contribution is -2.28. The van der Waals surface area contributed by atoms with Crippen molar-refractivity contribution < 1.29 is 28.7 Å². The van der Waals surface area contributed by atoms with Crippen molar-refractivity contribution in [3.63, 3.8) is 0 Å². The standard InChI is InChI=1S/C24H26N2O6/c1-2-12-31-23(29)18-8-10-20(11-9-18)25-21(27)16-32-24(30)19-13-22(28)26(15-19)14-17-6-4-3-5-7-17/h3-11,19H,2,12-16H2,1H3,(H,25,27)/t19-/m1/s1. The Labute approximate surface area is 186 Å². The molecule has 1 aliphatic rings. The highest BCUT2D eigenvalue weighted by molar-refractivity contribution is 5.95. The van der Waals surface area contributed by atoms with Crippen LogP contribution in [0, 0.1) is 5.92 Å². The van der Waals surface area contributed by atoms with Gasteiger partial charge in [0.05, 0.1) is 18.1 Å². The number of esters is 2. The quantitative estimate of drug-likeness (QED) is 0.604. The van der Waals surface area contributed by atoms with Crippen LogP contribution in [0.15, 0.2) is 54.6 Å². The summed E-state index contributed by atoms with van der Waals surface area (Å²) in [5.41, 5.74) is 1.83. The highest BCUT2D eigenvalue weighted by atomic mass is 16.5. The number of likely N-dealkylation sites (tertiary alicyclic amines) is 1. The van der Waals surface area contributed by atoms with Gasteiger partial charge < -0.3 is 19.7 Å². The van der Waals surface area contributed by atoms with Gasteiger partial charge in [-0.15, -0.1) is 0 Å². The fraction of sp³-hybridized carbons (Fsp3) is 0.333. The van der Waals surface area contributed by atoms with Crippen molar-refractivity contribution in [1.82, 2.24) is 4.90 Å². The van der Waals surface area contributed by atoms with Crippen molar-refractivity contribution in [3.05, 3.63) is 65.7 Å². The van der Waals surface area contributed by atoms with E-state index in [1.807, 2.05) is 37.3 Å². The number of ether oxygens (including phenoxy) is 2. The van der Waals surface area contributed by atoms with Gasteiger partial charge in [0.1, 0.15) is 0 Å². The molecule has 0 radical (unpaired) electrons. The number of carbonyl (C=O) groups excluding carboxylic acids is 4. The van der Waals surface area contributed by atoms with Crippen LogP contribution in [0.4, 0.5) is 5.69 Å². The van der Waals surface area contributed by atoms with Gasteiger partial charge in [-0.3, -0.25) is 14.4 Å². The number of nitrogens with one attached hydrogen (secondary N) is 1. The Balaban J connectivity index is 1.43. The zero-order valence-electron chi connectivity index (χ0n) is 17.9. The number of rotatable bonds is 9. The highest BCUT2D eigenvalue weighted by Gasteiger charge is 2.35. The normalized spacial score (nSPS) is 15.3. The van der Waals surface area contributed by atoms with Gasteiger partial charge in [0, 0.05) is 25.2 Å². The van der Waals surface area contributed by atoms with Gasteiger partial charge in [0.25, 0.3) is 5.91 Å². The maximum absolute atomic E-state index is 12.3. The Morgan fingerprint density at radius 1 is 1.03 bits per heavy atom. The zero-order valence-corrected chi connectivity index (χ0v) is 17.9. The third-order valence-corrected chi connectivity index (χ3v) is 4.95. The summed E-state index contributed by atoms with van der Waals surface area (Å²) in [5, 5.41) is 2.60. The number of anilines is 1. The van der Waals surface area contributed by atoms with Gasteiger partial charge in [-0.1, -0.05) is 37.3 Å². The molecule has 1 aliphatic heterocycles. The fourth-order valence-electron chi connectivity index (χ4n) is 3.31. The number of carbonyl (C=O) groups is 4. The first kappa shape index (κ1) is 23.0. The Hall–Kier alpha value is -3.68. The molecule has 3 rings (SSSR count). The first-order valence-corrected chi connectivity index (χ1v) is 10.5. The average molecular weight is 438 g/mol. The molecule has 0 aliphatic carbocycles. The molecule has 0 unspecified atom stereocenters. The van der Waals surface area contributed by atoms with Crippen LogP contribution >= 0.6 is 0 Å². The van der Waals surface area contributed by atoms with E-state index in [4.69, 9.17) is 9.47 Å². The molecule has 1 N–H and O–H groups in total. The van der Waals surface area contributed by atoms with Crippen LogP contribution in [0.5, 0.6) is 0 Å². The van der Waals surface area contributed by atoms with Crippen molar-refractivity contribution in [2.24, 2.45) is 5.92 Å². The van der Waals surface area contributed by atoms with E-state index in [9.17, 15) is 19.2 Å². The molecule has 0 bridgehead atoms. The van der Waals surface area contributed by atoms with Crippen LogP contribution < -0.4 is 5.32 Å². The molecule has 0 aromatic heterocycles. The van der Waals surface area contributed by atoms with Gasteiger partial charge >= 0.3 is 11.9 Å². The average Bonchev–Trinajstić information content (AvgIpc) is 3.17. The SMILES string of the molecule is CCCOC(=O)c1ccc(NC(=O)COC(=O)[C@@H]2CC(=O)N(Cc3ccccc3)C2)cc1. The molecular formula is C24H26N2O6. The Bertz CT molecular complexity index is 958. The van der Waals surface area contributed by atoms with Gasteiger partial charge in [-0.2, -0.15) is 0 Å². The second-order valence-electron chi connectivity index (χ2n) is 7.53. The maximum Gasteiger partial charge on any atom is 0.338 e. The number of amides is 2. The van der Waals surface area contributed by atoms with Crippen molar-refractivity contribution >= 4 is 29.4 Å². The van der Waals surface area contributed by atoms with Crippen molar-refractivity contribution in [1.29, 1.82) is 0 Å². The Kier molecular flexibility index (Phi) is 7.96. The van der Waals surface area contributed by atoms with Crippen LogP contribution in [0.1, 0.15) is 35.7 Å². The third-order valence-electron chi connectivity index (χ3n) is 4.95. The van der Waals surface area contributed by atoms with E-state index in [1.165, 1.54) is 0 Å². The maximum atomic E-state index is 12.3. The summed E-state index contributed by atoms with van der Waals surface area (Å²) in [6, 6.07) is 15.8. The summed E-state index contributed by atoms with van der Waals surface area (Å²) in [4.78, 5) is 50.0. The van der Waals surface area contributed by atoms with Crippen LogP contribution in [0.25, 0.3) is 0 Å². The van der Waals surface area contributed by atoms with E-state index in [1.54, 1.807) is 29.2 Å². The minimum atomic E-state index is -0.590. The predicted molar refractivity (Wildman–Crippen MR) is 117 cm³/mol. The number of nitrogens with zero attached hydrogens (tertiary/aromatic N) is 1. The molecule has 2 aromatic rings. The fourth-order valence-corrected chi connectivity index (χ4v) is 3.31. The Morgan fingerprint density at radius 3 is 2.44 bits per heavy atom. The third kappa shape index (κ3) is 6.41. The largest absolute Gasteiger partial charge is 0.462 e. The molecule has 1 atom stereocenters. The molecule has 2 aromatic carbocycles. The molecule has 1 fully saturated rings.